The number of hydrogen-bond acceptors (Lipinski definition) is 4. The van der Waals surface area contributed by atoms with Crippen molar-refractivity contribution in [1.29, 1.82) is 0 Å². The molecule has 0 spiro atoms. The maximum atomic E-state index is 15.3. The molecule has 1 aliphatic carbocycles. The van der Waals surface area contributed by atoms with Gasteiger partial charge in [-0.05, 0) is 57.9 Å². The van der Waals surface area contributed by atoms with E-state index >= 15 is 4.39 Å². The van der Waals surface area contributed by atoms with Gasteiger partial charge in [-0.2, -0.15) is 0 Å². The predicted molar refractivity (Wildman–Crippen MR) is 119 cm³/mol. The van der Waals surface area contributed by atoms with Crippen molar-refractivity contribution >= 4 is 12.1 Å². The van der Waals surface area contributed by atoms with Gasteiger partial charge in [0.15, 0.2) is 17.4 Å². The van der Waals surface area contributed by atoms with Gasteiger partial charge in [-0.15, -0.1) is 0 Å². The summed E-state index contributed by atoms with van der Waals surface area (Å²) < 4.78 is 54.9. The van der Waals surface area contributed by atoms with Gasteiger partial charge in [-0.25, -0.2) is 18.0 Å². The molecule has 0 bridgehead atoms. The van der Waals surface area contributed by atoms with Crippen LogP contribution in [0, 0.1) is 29.3 Å². The molecule has 0 aromatic heterocycles. The van der Waals surface area contributed by atoms with Gasteiger partial charge in [0.05, 0.1) is 5.41 Å². The van der Waals surface area contributed by atoms with Gasteiger partial charge in [-0.1, -0.05) is 27.7 Å². The quantitative estimate of drug-likeness (QED) is 0.297. The minimum Gasteiger partial charge on any atom is -0.444 e. The lowest BCUT2D eigenvalue weighted by Gasteiger charge is -2.56. The van der Waals surface area contributed by atoms with Crippen LogP contribution in [0.5, 0.6) is 0 Å². The maximum Gasteiger partial charge on any atom is 0.410 e. The van der Waals surface area contributed by atoms with E-state index < -0.39 is 52.2 Å². The van der Waals surface area contributed by atoms with Crippen molar-refractivity contribution in [3.05, 3.63) is 35.1 Å². The Kier molecular flexibility index (Phi) is 8.13. The first-order valence-electron chi connectivity index (χ1n) is 11.6. The number of rotatable bonds is 6. The largest absolute Gasteiger partial charge is 0.444 e. The van der Waals surface area contributed by atoms with E-state index in [1.54, 1.807) is 34.6 Å². The molecular weight excluding hydrogens is 435 g/mol. The van der Waals surface area contributed by atoms with E-state index in [1.807, 2.05) is 13.8 Å². The molecule has 1 fully saturated rings. The Bertz CT molecular complexity index is 883. The first-order chi connectivity index (χ1) is 15.2. The summed E-state index contributed by atoms with van der Waals surface area (Å²) in [6.45, 7) is 12.4. The van der Waals surface area contributed by atoms with Crippen molar-refractivity contribution < 1.29 is 32.2 Å². The van der Waals surface area contributed by atoms with Crippen LogP contribution < -0.4 is 5.32 Å². The lowest BCUT2D eigenvalue weighted by molar-refractivity contribution is -0.190. The molecule has 0 saturated heterocycles. The van der Waals surface area contributed by atoms with Crippen molar-refractivity contribution in [1.82, 2.24) is 5.32 Å². The SMILES string of the molecule is CCCC(=O)OC1(NC(=O)OC(C)(C)C)C[C@@H](C)CCC1(c1cc(F)c(F)cc1F)C(C)C. The zero-order valence-electron chi connectivity index (χ0n) is 20.6. The van der Waals surface area contributed by atoms with E-state index in [9.17, 15) is 18.4 Å². The zero-order valence-corrected chi connectivity index (χ0v) is 20.6. The molecule has 0 heterocycles. The highest BCUT2D eigenvalue weighted by molar-refractivity contribution is 5.73. The topological polar surface area (TPSA) is 64.6 Å². The van der Waals surface area contributed by atoms with E-state index in [0.29, 0.717) is 18.9 Å². The number of ether oxygens (including phenoxy) is 2. The van der Waals surface area contributed by atoms with Gasteiger partial charge in [0.2, 0.25) is 0 Å². The van der Waals surface area contributed by atoms with Gasteiger partial charge < -0.3 is 9.47 Å². The molecule has 1 amide bonds. The van der Waals surface area contributed by atoms with Crippen LogP contribution in [0.2, 0.25) is 0 Å². The molecule has 8 heteroatoms. The summed E-state index contributed by atoms with van der Waals surface area (Å²) in [5.74, 6) is -4.48. The van der Waals surface area contributed by atoms with Crippen LogP contribution in [0.1, 0.15) is 86.1 Å². The van der Waals surface area contributed by atoms with E-state index in [-0.39, 0.29) is 30.7 Å². The summed E-state index contributed by atoms with van der Waals surface area (Å²) in [6.07, 6.45) is 0.807. The van der Waals surface area contributed by atoms with Gasteiger partial charge in [0.1, 0.15) is 11.4 Å². The van der Waals surface area contributed by atoms with Crippen molar-refractivity contribution in [3.8, 4) is 0 Å². The summed E-state index contributed by atoms with van der Waals surface area (Å²) in [5.41, 5.74) is -4.06. The third-order valence-electron chi connectivity index (χ3n) is 6.31. The number of nitrogens with one attached hydrogen (secondary N) is 1. The van der Waals surface area contributed by atoms with Crippen LogP contribution in [0.25, 0.3) is 0 Å². The van der Waals surface area contributed by atoms with Crippen LogP contribution >= 0.6 is 0 Å². The summed E-state index contributed by atoms with van der Waals surface area (Å²) in [7, 11) is 0. The molecule has 1 aliphatic rings. The Morgan fingerprint density at radius 2 is 1.76 bits per heavy atom. The van der Waals surface area contributed by atoms with Crippen LogP contribution in [0.3, 0.4) is 0 Å². The highest BCUT2D eigenvalue weighted by Crippen LogP contribution is 2.54. The van der Waals surface area contributed by atoms with Crippen LogP contribution in [-0.4, -0.2) is 23.4 Å². The summed E-state index contributed by atoms with van der Waals surface area (Å²) in [6, 6.07) is 1.32. The summed E-state index contributed by atoms with van der Waals surface area (Å²) >= 11 is 0. The first kappa shape index (κ1) is 27.0. The number of amides is 1. The van der Waals surface area contributed by atoms with Crippen molar-refractivity contribution in [2.24, 2.45) is 11.8 Å². The molecule has 5 nitrogen and oxygen atoms in total. The second-order valence-corrected chi connectivity index (χ2v) is 10.4. The van der Waals surface area contributed by atoms with Crippen molar-refractivity contribution in [2.45, 2.75) is 97.3 Å². The van der Waals surface area contributed by atoms with Gasteiger partial charge >= 0.3 is 12.1 Å². The van der Waals surface area contributed by atoms with Crippen molar-refractivity contribution in [3.63, 3.8) is 0 Å². The van der Waals surface area contributed by atoms with Gasteiger partial charge in [-0.3, -0.25) is 10.1 Å². The van der Waals surface area contributed by atoms with Gasteiger partial charge in [0.25, 0.3) is 0 Å². The molecule has 0 radical (unpaired) electrons. The lowest BCUT2D eigenvalue weighted by Crippen LogP contribution is -2.69. The molecule has 0 aliphatic heterocycles. The number of carbonyl (C=O) groups excluding carboxylic acids is 2. The molecule has 1 saturated carbocycles. The monoisotopic (exact) mass is 471 g/mol. The fourth-order valence-electron chi connectivity index (χ4n) is 4.97. The number of alkyl carbamates (subject to hydrolysis) is 1. The standard InChI is InChI=1S/C25H36F3NO4/c1-8-9-21(30)32-25(29-22(31)33-23(5,6)7)14-16(4)10-11-24(25,15(2)3)17-12-19(27)20(28)13-18(17)26/h12-13,15-16H,8-11,14H2,1-7H3,(H,29,31)/t16-,24?,25?/m0/s1. The molecular formula is C25H36F3NO4. The molecule has 1 N–H and O–H groups in total. The number of halogens is 3. The fourth-order valence-corrected chi connectivity index (χ4v) is 4.97. The van der Waals surface area contributed by atoms with Gasteiger partial charge in [0, 0.05) is 24.5 Å². The fraction of sp³-hybridized carbons (Fsp3) is 0.680. The molecule has 33 heavy (non-hydrogen) atoms. The van der Waals surface area contributed by atoms with E-state index in [2.05, 4.69) is 5.32 Å². The highest BCUT2D eigenvalue weighted by atomic mass is 19.2. The average Bonchev–Trinajstić information content (AvgIpc) is 2.63. The zero-order chi connectivity index (χ0) is 25.2. The Hall–Kier alpha value is -2.25. The smallest absolute Gasteiger partial charge is 0.410 e. The molecule has 1 aromatic carbocycles. The summed E-state index contributed by atoms with van der Waals surface area (Å²) in [5, 5.41) is 2.75. The third kappa shape index (κ3) is 5.64. The maximum absolute atomic E-state index is 15.3. The highest BCUT2D eigenvalue weighted by Gasteiger charge is 2.62. The minimum atomic E-state index is -1.72. The Balaban J connectivity index is 2.79. The van der Waals surface area contributed by atoms with Crippen molar-refractivity contribution in [2.75, 3.05) is 0 Å². The second-order valence-electron chi connectivity index (χ2n) is 10.4. The molecule has 2 rings (SSSR count). The van der Waals surface area contributed by atoms with Crippen LogP contribution in [0.15, 0.2) is 12.1 Å². The van der Waals surface area contributed by atoms with E-state index in [1.165, 1.54) is 0 Å². The van der Waals surface area contributed by atoms with E-state index in [4.69, 9.17) is 9.47 Å². The third-order valence-corrected chi connectivity index (χ3v) is 6.31. The van der Waals surface area contributed by atoms with Crippen LogP contribution in [0.4, 0.5) is 18.0 Å². The summed E-state index contributed by atoms with van der Waals surface area (Å²) in [4.78, 5) is 25.8. The normalized spacial score (nSPS) is 25.6. The minimum absolute atomic E-state index is 0.00500. The Morgan fingerprint density at radius 3 is 2.30 bits per heavy atom. The Labute approximate surface area is 194 Å². The average molecular weight is 472 g/mol. The predicted octanol–water partition coefficient (Wildman–Crippen LogP) is 6.38. The number of esters is 1. The number of benzene rings is 1. The first-order valence-corrected chi connectivity index (χ1v) is 11.6. The lowest BCUT2D eigenvalue weighted by atomic mass is 9.56. The van der Waals surface area contributed by atoms with Crippen LogP contribution in [-0.2, 0) is 19.7 Å². The Morgan fingerprint density at radius 1 is 1.15 bits per heavy atom. The second kappa shape index (κ2) is 9.94. The number of hydrogen-bond donors (Lipinski definition) is 1. The molecule has 3 atom stereocenters. The number of carbonyl (C=O) groups is 2. The molecule has 1 aromatic rings. The molecule has 186 valence electrons. The van der Waals surface area contributed by atoms with E-state index in [0.717, 1.165) is 6.07 Å². The molecule has 2 unspecified atom stereocenters.